The molecule has 0 aromatic carbocycles. The van der Waals surface area contributed by atoms with Gasteiger partial charge in [0, 0.05) is 37.1 Å². The Morgan fingerprint density at radius 1 is 1.52 bits per heavy atom. The Kier molecular flexibility index (Phi) is 4.93. The lowest BCUT2D eigenvalue weighted by molar-refractivity contribution is 0.0184. The molecule has 0 aliphatic carbocycles. The first-order chi connectivity index (χ1) is 9.85. The molecular weight excluding hydrogens is 266 g/mol. The minimum absolute atomic E-state index is 0.207. The van der Waals surface area contributed by atoms with Gasteiger partial charge in [0.15, 0.2) is 0 Å². The van der Waals surface area contributed by atoms with Crippen molar-refractivity contribution < 1.29 is 9.53 Å². The van der Waals surface area contributed by atoms with Crippen molar-refractivity contribution in [2.24, 2.45) is 0 Å². The molecule has 2 N–H and O–H groups in total. The van der Waals surface area contributed by atoms with Crippen molar-refractivity contribution in [2.75, 3.05) is 13.1 Å². The molecule has 1 aliphatic heterocycles. The van der Waals surface area contributed by atoms with Gasteiger partial charge in [0.2, 0.25) is 0 Å². The Balaban J connectivity index is 1.87. The number of nitrogens with zero attached hydrogens (tertiary/aromatic N) is 1. The second kappa shape index (κ2) is 6.52. The lowest BCUT2D eigenvalue weighted by Crippen LogP contribution is -2.49. The van der Waals surface area contributed by atoms with Gasteiger partial charge in [-0.2, -0.15) is 0 Å². The maximum absolute atomic E-state index is 12.1. The van der Waals surface area contributed by atoms with Crippen LogP contribution in [0.4, 0.5) is 4.79 Å². The summed E-state index contributed by atoms with van der Waals surface area (Å²) >= 11 is 0. The highest BCUT2D eigenvalue weighted by molar-refractivity contribution is 5.68. The summed E-state index contributed by atoms with van der Waals surface area (Å²) in [6.07, 6.45) is 3.82. The van der Waals surface area contributed by atoms with E-state index in [9.17, 15) is 4.79 Å². The van der Waals surface area contributed by atoms with Crippen LogP contribution in [-0.2, 0) is 4.74 Å². The number of carbonyl (C=O) groups is 1. The van der Waals surface area contributed by atoms with Crippen molar-refractivity contribution in [2.45, 2.75) is 58.2 Å². The molecule has 2 rings (SSSR count). The first-order valence-electron chi connectivity index (χ1n) is 7.72. The number of hydrogen-bond acceptors (Lipinski definition) is 3. The molecule has 2 heterocycles. The molecule has 1 aliphatic rings. The maximum Gasteiger partial charge on any atom is 0.410 e. The Bertz CT molecular complexity index is 451. The average molecular weight is 293 g/mol. The van der Waals surface area contributed by atoms with E-state index in [4.69, 9.17) is 4.74 Å². The number of nitrogens with one attached hydrogen (secondary N) is 2. The number of hydrogen-bond donors (Lipinski definition) is 2. The van der Waals surface area contributed by atoms with Crippen molar-refractivity contribution in [3.05, 3.63) is 24.0 Å². The van der Waals surface area contributed by atoms with Gasteiger partial charge in [0.05, 0.1) is 0 Å². The van der Waals surface area contributed by atoms with Crippen LogP contribution in [0.5, 0.6) is 0 Å². The summed E-state index contributed by atoms with van der Waals surface area (Å²) in [6.45, 7) is 9.33. The smallest absolute Gasteiger partial charge is 0.410 e. The van der Waals surface area contributed by atoms with Crippen molar-refractivity contribution in [1.82, 2.24) is 15.2 Å². The molecule has 1 aromatic rings. The van der Waals surface area contributed by atoms with Gasteiger partial charge in [-0.15, -0.1) is 0 Å². The molecule has 5 nitrogen and oxygen atoms in total. The molecular formula is C16H27N3O2. The quantitative estimate of drug-likeness (QED) is 0.900. The minimum atomic E-state index is -0.436. The fourth-order valence-corrected chi connectivity index (χ4v) is 2.66. The van der Waals surface area contributed by atoms with Gasteiger partial charge in [-0.1, -0.05) is 0 Å². The second-order valence-corrected chi connectivity index (χ2v) is 6.78. The number of H-pyrrole nitrogens is 1. The highest BCUT2D eigenvalue weighted by atomic mass is 16.6. The largest absolute Gasteiger partial charge is 0.444 e. The summed E-state index contributed by atoms with van der Waals surface area (Å²) in [5, 5.41) is 3.59. The van der Waals surface area contributed by atoms with Crippen LogP contribution in [0.25, 0.3) is 0 Å². The van der Waals surface area contributed by atoms with Crippen LogP contribution in [0.2, 0.25) is 0 Å². The summed E-state index contributed by atoms with van der Waals surface area (Å²) < 4.78 is 5.46. The summed E-state index contributed by atoms with van der Waals surface area (Å²) in [5.74, 6) is 0. The number of ether oxygens (including phenoxy) is 1. The summed E-state index contributed by atoms with van der Waals surface area (Å²) in [7, 11) is 0. The number of piperidine rings is 1. The van der Waals surface area contributed by atoms with E-state index in [0.29, 0.717) is 12.6 Å². The molecule has 5 heteroatoms. The van der Waals surface area contributed by atoms with E-state index < -0.39 is 5.60 Å². The molecule has 0 saturated carbocycles. The number of amides is 1. The van der Waals surface area contributed by atoms with Crippen LogP contribution < -0.4 is 5.32 Å². The Labute approximate surface area is 127 Å². The summed E-state index contributed by atoms with van der Waals surface area (Å²) in [4.78, 5) is 17.2. The topological polar surface area (TPSA) is 57.4 Å². The summed E-state index contributed by atoms with van der Waals surface area (Å²) in [6, 6.07) is 4.64. The average Bonchev–Trinajstić information content (AvgIpc) is 2.91. The Hall–Kier alpha value is -1.49. The number of aromatic amines is 1. The predicted molar refractivity (Wildman–Crippen MR) is 83.2 cm³/mol. The molecule has 1 saturated heterocycles. The van der Waals surface area contributed by atoms with Gasteiger partial charge in [0.1, 0.15) is 5.60 Å². The standard InChI is InChI=1S/C16H27N3O2/c1-12(14-8-5-9-17-14)18-13-7-6-10-19(11-13)15(20)21-16(2,3)4/h5,8-9,12-13,17-18H,6-7,10-11H2,1-4H3/t12?,13-/m0/s1. The Morgan fingerprint density at radius 2 is 2.29 bits per heavy atom. The number of aromatic nitrogens is 1. The Morgan fingerprint density at radius 3 is 2.90 bits per heavy atom. The SMILES string of the molecule is CC(N[C@H]1CCCN(C(=O)OC(C)(C)C)C1)c1ccc[nH]1. The highest BCUT2D eigenvalue weighted by Crippen LogP contribution is 2.18. The molecule has 0 bridgehead atoms. The molecule has 0 radical (unpaired) electrons. The van der Waals surface area contributed by atoms with E-state index in [2.05, 4.69) is 23.3 Å². The number of carbonyl (C=O) groups excluding carboxylic acids is 1. The normalized spacial score (nSPS) is 21.1. The highest BCUT2D eigenvalue weighted by Gasteiger charge is 2.28. The van der Waals surface area contributed by atoms with Crippen LogP contribution in [0.3, 0.4) is 0 Å². The van der Waals surface area contributed by atoms with E-state index in [0.717, 1.165) is 19.4 Å². The van der Waals surface area contributed by atoms with Crippen molar-refractivity contribution in [3.63, 3.8) is 0 Å². The van der Waals surface area contributed by atoms with Crippen LogP contribution in [0, 0.1) is 0 Å². The predicted octanol–water partition coefficient (Wildman–Crippen LogP) is 3.06. The zero-order valence-electron chi connectivity index (χ0n) is 13.5. The van der Waals surface area contributed by atoms with Crippen molar-refractivity contribution in [3.8, 4) is 0 Å². The lowest BCUT2D eigenvalue weighted by Gasteiger charge is -2.35. The van der Waals surface area contributed by atoms with Gasteiger partial charge >= 0.3 is 6.09 Å². The zero-order chi connectivity index (χ0) is 15.5. The van der Waals surface area contributed by atoms with Gasteiger partial charge in [-0.3, -0.25) is 0 Å². The van der Waals surface area contributed by atoms with Crippen molar-refractivity contribution in [1.29, 1.82) is 0 Å². The molecule has 1 amide bonds. The van der Waals surface area contributed by atoms with E-state index in [-0.39, 0.29) is 12.1 Å². The van der Waals surface area contributed by atoms with Crippen molar-refractivity contribution >= 4 is 6.09 Å². The monoisotopic (exact) mass is 293 g/mol. The zero-order valence-corrected chi connectivity index (χ0v) is 13.5. The molecule has 21 heavy (non-hydrogen) atoms. The van der Waals surface area contributed by atoms with Crippen LogP contribution in [-0.4, -0.2) is 40.7 Å². The third kappa shape index (κ3) is 4.77. The molecule has 0 spiro atoms. The fraction of sp³-hybridized carbons (Fsp3) is 0.688. The third-order valence-corrected chi connectivity index (χ3v) is 3.65. The van der Waals surface area contributed by atoms with E-state index in [1.54, 1.807) is 0 Å². The first kappa shape index (κ1) is 15.9. The van der Waals surface area contributed by atoms with Crippen LogP contribution >= 0.6 is 0 Å². The van der Waals surface area contributed by atoms with Crippen LogP contribution in [0.15, 0.2) is 18.3 Å². The van der Waals surface area contributed by atoms with E-state index in [1.807, 2.05) is 37.9 Å². The molecule has 1 aromatic heterocycles. The summed E-state index contributed by atoms with van der Waals surface area (Å²) in [5.41, 5.74) is 0.735. The van der Waals surface area contributed by atoms with Gasteiger partial charge in [-0.05, 0) is 52.7 Å². The molecule has 1 fully saturated rings. The van der Waals surface area contributed by atoms with Gasteiger partial charge in [0.25, 0.3) is 0 Å². The second-order valence-electron chi connectivity index (χ2n) is 6.78. The number of rotatable bonds is 3. The first-order valence-corrected chi connectivity index (χ1v) is 7.72. The van der Waals surface area contributed by atoms with Gasteiger partial charge < -0.3 is 19.9 Å². The van der Waals surface area contributed by atoms with E-state index in [1.165, 1.54) is 5.69 Å². The van der Waals surface area contributed by atoms with Crippen LogP contribution in [0.1, 0.15) is 52.3 Å². The lowest BCUT2D eigenvalue weighted by atomic mass is 10.0. The molecule has 118 valence electrons. The van der Waals surface area contributed by atoms with Gasteiger partial charge in [-0.25, -0.2) is 4.79 Å². The fourth-order valence-electron chi connectivity index (χ4n) is 2.66. The minimum Gasteiger partial charge on any atom is -0.444 e. The molecule has 2 atom stereocenters. The van der Waals surface area contributed by atoms with E-state index >= 15 is 0 Å². The molecule has 1 unspecified atom stereocenters. The third-order valence-electron chi connectivity index (χ3n) is 3.65. The number of likely N-dealkylation sites (tertiary alicyclic amines) is 1. The maximum atomic E-state index is 12.1.